The molecule has 7 heteroatoms. The number of methoxy groups -OCH3 is 2. The minimum atomic E-state index is -0.249. The normalized spacial score (nSPS) is 18.4. The van der Waals surface area contributed by atoms with E-state index in [9.17, 15) is 9.59 Å². The van der Waals surface area contributed by atoms with Crippen LogP contribution in [-0.4, -0.2) is 69.1 Å². The smallest absolute Gasteiger partial charge is 0.225 e. The van der Waals surface area contributed by atoms with Crippen LogP contribution in [0.15, 0.2) is 18.2 Å². The van der Waals surface area contributed by atoms with Gasteiger partial charge in [0.25, 0.3) is 0 Å². The molecule has 1 heterocycles. The van der Waals surface area contributed by atoms with Crippen LogP contribution in [0, 0.1) is 5.92 Å². The van der Waals surface area contributed by atoms with Crippen molar-refractivity contribution in [3.8, 4) is 11.5 Å². The molecule has 1 N–H and O–H groups in total. The van der Waals surface area contributed by atoms with Crippen molar-refractivity contribution in [1.29, 1.82) is 0 Å². The molecule has 0 spiro atoms. The summed E-state index contributed by atoms with van der Waals surface area (Å²) < 4.78 is 10.7. The fraction of sp³-hybridized carbons (Fsp3) is 0.556. The highest BCUT2D eigenvalue weighted by Crippen LogP contribution is 2.26. The highest BCUT2D eigenvalue weighted by atomic mass is 16.5. The molecule has 2 amide bonds. The number of nitrogens with one attached hydrogen (secondary N) is 1. The Morgan fingerprint density at radius 3 is 2.56 bits per heavy atom. The Morgan fingerprint density at radius 2 is 1.96 bits per heavy atom. The Morgan fingerprint density at radius 1 is 1.20 bits per heavy atom. The molecular formula is C18H27N3O4. The first-order valence-electron chi connectivity index (χ1n) is 8.38. The van der Waals surface area contributed by atoms with Crippen molar-refractivity contribution < 1.29 is 19.1 Å². The molecule has 0 aliphatic carbocycles. The predicted molar refractivity (Wildman–Crippen MR) is 94.6 cm³/mol. The minimum absolute atomic E-state index is 0.00205. The summed E-state index contributed by atoms with van der Waals surface area (Å²) in [5.41, 5.74) is 1.02. The third-order valence-corrected chi connectivity index (χ3v) is 4.56. The van der Waals surface area contributed by atoms with Gasteiger partial charge in [-0.2, -0.15) is 0 Å². The molecule has 1 aliphatic rings. The predicted octanol–water partition coefficient (Wildman–Crippen LogP) is 0.730. The standard InChI is InChI=1S/C18H27N3O4/c1-13(22)21-8-7-20(11-15(12-21)18(23)19-2)10-14-5-6-16(24-3)9-17(14)25-4/h5-6,9,15H,7-8,10-12H2,1-4H3,(H,19,23)/t15-/m1/s1. The molecule has 0 radical (unpaired) electrons. The molecule has 1 aromatic carbocycles. The van der Waals surface area contributed by atoms with E-state index in [1.54, 1.807) is 33.1 Å². The van der Waals surface area contributed by atoms with Gasteiger partial charge < -0.3 is 19.7 Å². The number of hydrogen-bond acceptors (Lipinski definition) is 5. The van der Waals surface area contributed by atoms with Gasteiger partial charge in [0, 0.05) is 58.3 Å². The van der Waals surface area contributed by atoms with Crippen LogP contribution in [0.5, 0.6) is 11.5 Å². The Hall–Kier alpha value is -2.28. The third kappa shape index (κ3) is 4.85. The molecule has 0 unspecified atom stereocenters. The lowest BCUT2D eigenvalue weighted by Crippen LogP contribution is -2.40. The van der Waals surface area contributed by atoms with Gasteiger partial charge in [0.1, 0.15) is 11.5 Å². The average Bonchev–Trinajstić information content (AvgIpc) is 2.84. The fourth-order valence-corrected chi connectivity index (χ4v) is 3.10. The molecule has 1 aromatic rings. The molecule has 1 saturated heterocycles. The number of ether oxygens (including phenoxy) is 2. The van der Waals surface area contributed by atoms with Crippen molar-refractivity contribution in [2.75, 3.05) is 47.4 Å². The maximum atomic E-state index is 12.2. The number of carbonyl (C=O) groups is 2. The van der Waals surface area contributed by atoms with E-state index in [1.165, 1.54) is 0 Å². The quantitative estimate of drug-likeness (QED) is 0.849. The van der Waals surface area contributed by atoms with E-state index >= 15 is 0 Å². The van der Waals surface area contributed by atoms with Crippen molar-refractivity contribution in [3.05, 3.63) is 23.8 Å². The first kappa shape index (κ1) is 19.1. The zero-order chi connectivity index (χ0) is 18.4. The summed E-state index contributed by atoms with van der Waals surface area (Å²) in [6.07, 6.45) is 0. The second-order valence-corrected chi connectivity index (χ2v) is 6.19. The van der Waals surface area contributed by atoms with Gasteiger partial charge in [-0.25, -0.2) is 0 Å². The third-order valence-electron chi connectivity index (χ3n) is 4.56. The van der Waals surface area contributed by atoms with Gasteiger partial charge in [-0.3, -0.25) is 14.5 Å². The van der Waals surface area contributed by atoms with Crippen LogP contribution in [0.25, 0.3) is 0 Å². The molecule has 7 nitrogen and oxygen atoms in total. The molecule has 2 rings (SSSR count). The van der Waals surface area contributed by atoms with Gasteiger partial charge in [0.15, 0.2) is 0 Å². The average molecular weight is 349 g/mol. The lowest BCUT2D eigenvalue weighted by atomic mass is 10.1. The van der Waals surface area contributed by atoms with Crippen LogP contribution in [0.3, 0.4) is 0 Å². The molecule has 1 aliphatic heterocycles. The summed E-state index contributed by atoms with van der Waals surface area (Å²) in [7, 11) is 4.88. The van der Waals surface area contributed by atoms with Crippen LogP contribution in [0.4, 0.5) is 0 Å². The maximum Gasteiger partial charge on any atom is 0.225 e. The molecule has 0 bridgehead atoms. The van der Waals surface area contributed by atoms with Crippen molar-refractivity contribution in [3.63, 3.8) is 0 Å². The molecular weight excluding hydrogens is 322 g/mol. The molecule has 25 heavy (non-hydrogen) atoms. The second kappa shape index (κ2) is 8.71. The summed E-state index contributed by atoms with van der Waals surface area (Å²) in [5.74, 6) is 1.20. The highest BCUT2D eigenvalue weighted by molar-refractivity contribution is 5.80. The van der Waals surface area contributed by atoms with E-state index in [0.717, 1.165) is 17.1 Å². The van der Waals surface area contributed by atoms with Crippen LogP contribution in [-0.2, 0) is 16.1 Å². The van der Waals surface area contributed by atoms with E-state index in [2.05, 4.69) is 10.2 Å². The lowest BCUT2D eigenvalue weighted by Gasteiger charge is -2.24. The summed E-state index contributed by atoms with van der Waals surface area (Å²) in [5, 5.41) is 2.70. The SMILES string of the molecule is CNC(=O)[C@@H]1CN(Cc2ccc(OC)cc2OC)CCN(C(C)=O)C1. The van der Waals surface area contributed by atoms with Crippen molar-refractivity contribution >= 4 is 11.8 Å². The number of benzene rings is 1. The summed E-state index contributed by atoms with van der Waals surface area (Å²) in [6.45, 7) is 4.56. The van der Waals surface area contributed by atoms with Crippen LogP contribution >= 0.6 is 0 Å². The second-order valence-electron chi connectivity index (χ2n) is 6.19. The summed E-state index contributed by atoms with van der Waals surface area (Å²) in [4.78, 5) is 27.9. The summed E-state index contributed by atoms with van der Waals surface area (Å²) in [6, 6.07) is 5.72. The first-order valence-corrected chi connectivity index (χ1v) is 8.38. The van der Waals surface area contributed by atoms with Gasteiger partial charge >= 0.3 is 0 Å². The molecule has 0 aromatic heterocycles. The monoisotopic (exact) mass is 349 g/mol. The topological polar surface area (TPSA) is 71.1 Å². The fourth-order valence-electron chi connectivity index (χ4n) is 3.10. The number of carbonyl (C=O) groups excluding carboxylic acids is 2. The number of hydrogen-bond donors (Lipinski definition) is 1. The van der Waals surface area contributed by atoms with Crippen molar-refractivity contribution in [2.24, 2.45) is 5.92 Å². The Kier molecular flexibility index (Phi) is 6.64. The van der Waals surface area contributed by atoms with Gasteiger partial charge in [0.2, 0.25) is 11.8 Å². The van der Waals surface area contributed by atoms with Gasteiger partial charge in [-0.1, -0.05) is 6.07 Å². The lowest BCUT2D eigenvalue weighted by molar-refractivity contribution is -0.130. The largest absolute Gasteiger partial charge is 0.497 e. The van der Waals surface area contributed by atoms with Crippen LogP contribution in [0.1, 0.15) is 12.5 Å². The van der Waals surface area contributed by atoms with Crippen molar-refractivity contribution in [1.82, 2.24) is 15.1 Å². The van der Waals surface area contributed by atoms with Crippen LogP contribution in [0.2, 0.25) is 0 Å². The highest BCUT2D eigenvalue weighted by Gasteiger charge is 2.28. The zero-order valence-corrected chi connectivity index (χ0v) is 15.4. The zero-order valence-electron chi connectivity index (χ0n) is 15.4. The Labute approximate surface area is 148 Å². The van der Waals surface area contributed by atoms with E-state index < -0.39 is 0 Å². The van der Waals surface area contributed by atoms with E-state index in [0.29, 0.717) is 32.7 Å². The first-order chi connectivity index (χ1) is 12.0. The number of nitrogens with zero attached hydrogens (tertiary/aromatic N) is 2. The summed E-state index contributed by atoms with van der Waals surface area (Å²) >= 11 is 0. The number of amides is 2. The van der Waals surface area contributed by atoms with Gasteiger partial charge in [-0.05, 0) is 6.07 Å². The van der Waals surface area contributed by atoms with Crippen LogP contribution < -0.4 is 14.8 Å². The Bertz CT molecular complexity index is 620. The maximum absolute atomic E-state index is 12.2. The van der Waals surface area contributed by atoms with Gasteiger partial charge in [0.05, 0.1) is 20.1 Å². The van der Waals surface area contributed by atoms with E-state index in [-0.39, 0.29) is 17.7 Å². The van der Waals surface area contributed by atoms with Crippen molar-refractivity contribution in [2.45, 2.75) is 13.5 Å². The number of rotatable bonds is 5. The minimum Gasteiger partial charge on any atom is -0.497 e. The molecule has 0 saturated carbocycles. The Balaban J connectivity index is 2.17. The van der Waals surface area contributed by atoms with E-state index in [1.807, 2.05) is 18.2 Å². The molecule has 1 atom stereocenters. The van der Waals surface area contributed by atoms with Gasteiger partial charge in [-0.15, -0.1) is 0 Å². The molecule has 1 fully saturated rings. The molecule has 138 valence electrons. The van der Waals surface area contributed by atoms with E-state index in [4.69, 9.17) is 9.47 Å².